The van der Waals surface area contributed by atoms with Gasteiger partial charge in [0, 0.05) is 36.5 Å². The van der Waals surface area contributed by atoms with Gasteiger partial charge in [0.2, 0.25) is 0 Å². The highest BCUT2D eigenvalue weighted by Crippen LogP contribution is 2.37. The van der Waals surface area contributed by atoms with Crippen LogP contribution in [0.2, 0.25) is 0 Å². The number of H-pyrrole nitrogens is 1. The number of pyridine rings is 1. The van der Waals surface area contributed by atoms with E-state index in [1.165, 1.54) is 18.5 Å². The summed E-state index contributed by atoms with van der Waals surface area (Å²) in [5.74, 6) is 0.706. The molecule has 3 aromatic heterocycles. The first-order chi connectivity index (χ1) is 15.2. The first-order valence-corrected chi connectivity index (χ1v) is 9.95. The lowest BCUT2D eigenvalue weighted by atomic mass is 10.0. The van der Waals surface area contributed by atoms with Crippen molar-refractivity contribution >= 4 is 17.5 Å². The van der Waals surface area contributed by atoms with Crippen LogP contribution in [0.25, 0.3) is 11.4 Å². The summed E-state index contributed by atoms with van der Waals surface area (Å²) in [7, 11) is 0. The van der Waals surface area contributed by atoms with Crippen LogP contribution in [0.5, 0.6) is 0 Å². The number of halogens is 2. The Morgan fingerprint density at radius 3 is 2.77 bits per heavy atom. The fourth-order valence-electron chi connectivity index (χ4n) is 3.88. The number of hydrogen-bond donors (Lipinski definition) is 2. The van der Waals surface area contributed by atoms with E-state index in [0.29, 0.717) is 23.0 Å². The summed E-state index contributed by atoms with van der Waals surface area (Å²) in [6.07, 6.45) is 4.83. The standard InChI is InChI=1S/C22H19F2N7/c23-14-6-7-15(16(24)10-14)19-5-3-9-31(19)22-12-20(26-13-27-22)28-21-11-18(29-30-21)17-4-1-2-8-25-17/h1-2,4,6-8,10-13,19H,3,5,9H2,(H2,26,27,28,29,30). The second-order valence-electron chi connectivity index (χ2n) is 7.29. The maximum Gasteiger partial charge on any atom is 0.154 e. The SMILES string of the molecule is Fc1ccc(C2CCCN2c2cc(Nc3cc(-c4ccccn4)[nH]n3)ncn2)c(F)c1. The van der Waals surface area contributed by atoms with E-state index in [0.717, 1.165) is 36.8 Å². The first kappa shape index (κ1) is 19.1. The van der Waals surface area contributed by atoms with Gasteiger partial charge in [-0.1, -0.05) is 12.1 Å². The highest BCUT2D eigenvalue weighted by atomic mass is 19.1. The summed E-state index contributed by atoms with van der Waals surface area (Å²) in [6.45, 7) is 0.726. The highest BCUT2D eigenvalue weighted by Gasteiger charge is 2.29. The number of anilines is 3. The fraction of sp³-hybridized carbons (Fsp3) is 0.182. The molecule has 4 heterocycles. The van der Waals surface area contributed by atoms with Gasteiger partial charge in [-0.2, -0.15) is 5.10 Å². The Morgan fingerprint density at radius 2 is 1.94 bits per heavy atom. The molecule has 0 radical (unpaired) electrons. The van der Waals surface area contributed by atoms with Crippen molar-refractivity contribution in [2.75, 3.05) is 16.8 Å². The number of aromatic amines is 1. The average molecular weight is 419 g/mol. The number of aromatic nitrogens is 5. The van der Waals surface area contributed by atoms with E-state index in [-0.39, 0.29) is 6.04 Å². The fourth-order valence-corrected chi connectivity index (χ4v) is 3.88. The topological polar surface area (TPSA) is 82.6 Å². The van der Waals surface area contributed by atoms with Crippen molar-refractivity contribution in [1.29, 1.82) is 0 Å². The summed E-state index contributed by atoms with van der Waals surface area (Å²) < 4.78 is 27.7. The minimum absolute atomic E-state index is 0.204. The quantitative estimate of drug-likeness (QED) is 0.491. The number of hydrogen-bond acceptors (Lipinski definition) is 6. The summed E-state index contributed by atoms with van der Waals surface area (Å²) in [4.78, 5) is 15.0. The lowest BCUT2D eigenvalue weighted by Gasteiger charge is -2.26. The van der Waals surface area contributed by atoms with Crippen LogP contribution >= 0.6 is 0 Å². The second-order valence-corrected chi connectivity index (χ2v) is 7.29. The zero-order valence-electron chi connectivity index (χ0n) is 16.5. The van der Waals surface area contributed by atoms with Gasteiger partial charge in [-0.3, -0.25) is 10.1 Å². The van der Waals surface area contributed by atoms with Gasteiger partial charge < -0.3 is 10.2 Å². The van der Waals surface area contributed by atoms with Crippen molar-refractivity contribution < 1.29 is 8.78 Å². The molecule has 0 spiro atoms. The van der Waals surface area contributed by atoms with Crippen LogP contribution in [0.1, 0.15) is 24.4 Å². The van der Waals surface area contributed by atoms with Crippen LogP contribution in [0.4, 0.5) is 26.2 Å². The van der Waals surface area contributed by atoms with Crippen molar-refractivity contribution in [1.82, 2.24) is 25.1 Å². The van der Waals surface area contributed by atoms with Gasteiger partial charge in [-0.25, -0.2) is 18.7 Å². The maximum absolute atomic E-state index is 14.4. The Hall–Kier alpha value is -3.88. The smallest absolute Gasteiger partial charge is 0.154 e. The third-order valence-corrected chi connectivity index (χ3v) is 5.30. The molecule has 1 aliphatic heterocycles. The van der Waals surface area contributed by atoms with Gasteiger partial charge in [0.25, 0.3) is 0 Å². The molecule has 1 fully saturated rings. The zero-order valence-corrected chi connectivity index (χ0v) is 16.5. The Labute approximate surface area is 177 Å². The third kappa shape index (κ3) is 3.94. The molecule has 0 saturated carbocycles. The second kappa shape index (κ2) is 8.10. The normalized spacial score (nSPS) is 15.9. The molecule has 5 rings (SSSR count). The molecule has 7 nitrogen and oxygen atoms in total. The van der Waals surface area contributed by atoms with Crippen molar-refractivity contribution in [2.24, 2.45) is 0 Å². The number of benzene rings is 1. The third-order valence-electron chi connectivity index (χ3n) is 5.30. The van der Waals surface area contributed by atoms with E-state index >= 15 is 0 Å². The molecule has 2 N–H and O–H groups in total. The molecule has 1 unspecified atom stereocenters. The van der Waals surface area contributed by atoms with Crippen LogP contribution in [-0.4, -0.2) is 31.7 Å². The predicted octanol–water partition coefficient (Wildman–Crippen LogP) is 4.63. The number of rotatable bonds is 5. The van der Waals surface area contributed by atoms with E-state index in [1.807, 2.05) is 29.2 Å². The van der Waals surface area contributed by atoms with Gasteiger partial charge in [0.15, 0.2) is 5.82 Å². The summed E-state index contributed by atoms with van der Waals surface area (Å²) in [6, 6.07) is 12.8. The van der Waals surface area contributed by atoms with Crippen LogP contribution in [-0.2, 0) is 0 Å². The van der Waals surface area contributed by atoms with E-state index in [1.54, 1.807) is 12.3 Å². The van der Waals surface area contributed by atoms with Gasteiger partial charge in [-0.15, -0.1) is 0 Å². The highest BCUT2D eigenvalue weighted by molar-refractivity contribution is 5.63. The molecule has 1 atom stereocenters. The van der Waals surface area contributed by atoms with E-state index < -0.39 is 11.6 Å². The lowest BCUT2D eigenvalue weighted by molar-refractivity contribution is 0.553. The molecule has 1 saturated heterocycles. The molecule has 4 aromatic rings. The molecule has 1 aromatic carbocycles. The molecule has 0 aliphatic carbocycles. The molecule has 1 aliphatic rings. The summed E-state index contributed by atoms with van der Waals surface area (Å²) in [5, 5.41) is 10.4. The van der Waals surface area contributed by atoms with Crippen molar-refractivity contribution in [3.8, 4) is 11.4 Å². The van der Waals surface area contributed by atoms with Crippen LogP contribution in [0.3, 0.4) is 0 Å². The van der Waals surface area contributed by atoms with E-state index in [2.05, 4.69) is 30.5 Å². The van der Waals surface area contributed by atoms with Crippen LogP contribution < -0.4 is 10.2 Å². The van der Waals surface area contributed by atoms with Gasteiger partial charge in [0.1, 0.15) is 29.6 Å². The van der Waals surface area contributed by atoms with Crippen molar-refractivity contribution in [3.05, 3.63) is 78.3 Å². The van der Waals surface area contributed by atoms with Crippen LogP contribution in [0.15, 0.2) is 61.1 Å². The molecular formula is C22H19F2N7. The molecule has 0 amide bonds. The molecule has 0 bridgehead atoms. The van der Waals surface area contributed by atoms with E-state index in [9.17, 15) is 8.78 Å². The van der Waals surface area contributed by atoms with Gasteiger partial charge in [-0.05, 0) is 31.0 Å². The first-order valence-electron chi connectivity index (χ1n) is 9.95. The average Bonchev–Trinajstić information content (AvgIpc) is 3.45. The predicted molar refractivity (Wildman–Crippen MR) is 113 cm³/mol. The van der Waals surface area contributed by atoms with Gasteiger partial charge >= 0.3 is 0 Å². The molecule has 156 valence electrons. The Kier molecular flexibility index (Phi) is 4.99. The Balaban J connectivity index is 1.37. The maximum atomic E-state index is 14.4. The summed E-state index contributed by atoms with van der Waals surface area (Å²) >= 11 is 0. The number of nitrogens with one attached hydrogen (secondary N) is 2. The minimum atomic E-state index is -0.580. The zero-order chi connectivity index (χ0) is 21.2. The minimum Gasteiger partial charge on any atom is -0.349 e. The molecule has 31 heavy (non-hydrogen) atoms. The lowest BCUT2D eigenvalue weighted by Crippen LogP contribution is -2.24. The van der Waals surface area contributed by atoms with Crippen molar-refractivity contribution in [3.63, 3.8) is 0 Å². The monoisotopic (exact) mass is 419 g/mol. The van der Waals surface area contributed by atoms with Gasteiger partial charge in [0.05, 0.1) is 17.4 Å². The molecular weight excluding hydrogens is 400 g/mol. The molecule has 9 heteroatoms. The summed E-state index contributed by atoms with van der Waals surface area (Å²) in [5.41, 5.74) is 2.04. The Bertz CT molecular complexity index is 1200. The van der Waals surface area contributed by atoms with E-state index in [4.69, 9.17) is 0 Å². The number of nitrogens with zero attached hydrogens (tertiary/aromatic N) is 5. The van der Waals surface area contributed by atoms with Crippen molar-refractivity contribution in [2.45, 2.75) is 18.9 Å². The largest absolute Gasteiger partial charge is 0.349 e. The Morgan fingerprint density at radius 1 is 1.00 bits per heavy atom. The van der Waals surface area contributed by atoms with Crippen LogP contribution in [0, 0.1) is 11.6 Å².